The lowest BCUT2D eigenvalue weighted by Gasteiger charge is -2.28. The Balaban J connectivity index is 1.92. The number of aliphatic hydroxyl groups is 2. The second kappa shape index (κ2) is 7.58. The van der Waals surface area contributed by atoms with E-state index >= 15 is 0 Å². The fraction of sp³-hybridized carbons (Fsp3) is 0.600. The van der Waals surface area contributed by atoms with E-state index in [9.17, 15) is 14.7 Å². The van der Waals surface area contributed by atoms with Gasteiger partial charge in [-0.3, -0.25) is 0 Å². The van der Waals surface area contributed by atoms with Gasteiger partial charge in [-0.05, 0) is 32.8 Å². The Bertz CT molecular complexity index is 707. The van der Waals surface area contributed by atoms with E-state index in [0.29, 0.717) is 6.42 Å². The molecule has 0 radical (unpaired) electrons. The fourth-order valence-corrected chi connectivity index (χ4v) is 3.95. The lowest BCUT2D eigenvalue weighted by Crippen LogP contribution is -2.38. The normalized spacial score (nSPS) is 38.2. The molecule has 2 N–H and O–H groups in total. The van der Waals surface area contributed by atoms with Gasteiger partial charge < -0.3 is 24.4 Å². The van der Waals surface area contributed by atoms with Gasteiger partial charge >= 0.3 is 11.9 Å². The standard InChI is InChI=1S/C20H26O7/c1-11-5-4-7-20(3)17(27-20)16-15(12(2)18(23)26-16)14(9-11)25-19(24)13(10-22)6-8-21/h5-6,14-17,21-22H,2,4,7-10H2,1,3H3/b11-5+,13-6+/t14-,15+,16-,17-,20+/m0/s1. The van der Waals surface area contributed by atoms with Crippen LogP contribution in [0, 0.1) is 5.92 Å². The molecular formula is C20H26O7. The number of hydrogen-bond donors (Lipinski definition) is 2. The van der Waals surface area contributed by atoms with Gasteiger partial charge in [0, 0.05) is 12.0 Å². The number of aliphatic hydroxyl groups excluding tert-OH is 2. The van der Waals surface area contributed by atoms with Gasteiger partial charge in [-0.2, -0.15) is 0 Å². The molecule has 2 saturated heterocycles. The second-order valence-corrected chi connectivity index (χ2v) is 7.58. The third-order valence-electron chi connectivity index (χ3n) is 5.59. The lowest BCUT2D eigenvalue weighted by atomic mass is 9.82. The average Bonchev–Trinajstić information content (AvgIpc) is 3.19. The summed E-state index contributed by atoms with van der Waals surface area (Å²) in [6.45, 7) is 6.86. The minimum atomic E-state index is -0.730. The number of fused-ring (bicyclic) bond motifs is 3. The molecule has 148 valence electrons. The molecule has 0 aromatic carbocycles. The monoisotopic (exact) mass is 378 g/mol. The second-order valence-electron chi connectivity index (χ2n) is 7.58. The molecule has 0 aromatic rings. The van der Waals surface area contributed by atoms with Gasteiger partial charge in [0.1, 0.15) is 18.3 Å². The molecule has 0 unspecified atom stereocenters. The summed E-state index contributed by atoms with van der Waals surface area (Å²) in [5, 5.41) is 18.4. The zero-order chi connectivity index (χ0) is 19.8. The molecule has 2 fully saturated rings. The van der Waals surface area contributed by atoms with E-state index in [1.165, 1.54) is 6.08 Å². The first-order valence-electron chi connectivity index (χ1n) is 9.15. The van der Waals surface area contributed by atoms with E-state index in [0.717, 1.165) is 18.4 Å². The highest BCUT2D eigenvalue weighted by molar-refractivity contribution is 5.92. The number of carbonyl (C=O) groups is 2. The highest BCUT2D eigenvalue weighted by atomic mass is 16.6. The van der Waals surface area contributed by atoms with Crippen LogP contribution in [-0.2, 0) is 23.8 Å². The Labute approximate surface area is 158 Å². The minimum absolute atomic E-state index is 0.0314. The Hall–Kier alpha value is -1.96. The summed E-state index contributed by atoms with van der Waals surface area (Å²) in [7, 11) is 0. The van der Waals surface area contributed by atoms with Crippen molar-refractivity contribution in [3.05, 3.63) is 35.5 Å². The molecule has 2 heterocycles. The number of esters is 2. The van der Waals surface area contributed by atoms with Gasteiger partial charge in [-0.15, -0.1) is 0 Å². The first-order valence-corrected chi connectivity index (χ1v) is 9.15. The molecule has 1 aliphatic carbocycles. The number of hydrogen-bond acceptors (Lipinski definition) is 7. The van der Waals surface area contributed by atoms with E-state index in [1.54, 1.807) is 0 Å². The summed E-state index contributed by atoms with van der Waals surface area (Å²) in [6, 6.07) is 0. The van der Waals surface area contributed by atoms with Crippen LogP contribution in [-0.4, -0.2) is 59.3 Å². The highest BCUT2D eigenvalue weighted by Gasteiger charge is 2.63. The smallest absolute Gasteiger partial charge is 0.336 e. The number of carbonyl (C=O) groups excluding carboxylic acids is 2. The van der Waals surface area contributed by atoms with Gasteiger partial charge in [0.2, 0.25) is 0 Å². The Morgan fingerprint density at radius 2 is 2.22 bits per heavy atom. The van der Waals surface area contributed by atoms with Crippen molar-refractivity contribution < 1.29 is 34.0 Å². The Morgan fingerprint density at radius 3 is 2.89 bits per heavy atom. The quantitative estimate of drug-likeness (QED) is 0.328. The molecule has 3 aliphatic rings. The van der Waals surface area contributed by atoms with Gasteiger partial charge in [-0.1, -0.05) is 18.2 Å². The molecular weight excluding hydrogens is 352 g/mol. The maximum atomic E-state index is 12.5. The molecule has 0 saturated carbocycles. The van der Waals surface area contributed by atoms with E-state index in [2.05, 4.69) is 12.7 Å². The van der Waals surface area contributed by atoms with E-state index in [1.807, 2.05) is 13.8 Å². The van der Waals surface area contributed by atoms with Gasteiger partial charge in [0.25, 0.3) is 0 Å². The topological polar surface area (TPSA) is 106 Å². The summed E-state index contributed by atoms with van der Waals surface area (Å²) < 4.78 is 17.1. The van der Waals surface area contributed by atoms with Crippen LogP contribution in [0.15, 0.2) is 35.5 Å². The Kier molecular flexibility index (Phi) is 5.55. The van der Waals surface area contributed by atoms with Crippen LogP contribution in [0.5, 0.6) is 0 Å². The molecule has 0 amide bonds. The molecule has 7 nitrogen and oxygen atoms in total. The molecule has 2 aliphatic heterocycles. The average molecular weight is 378 g/mol. The first kappa shape index (κ1) is 19.8. The zero-order valence-corrected chi connectivity index (χ0v) is 15.6. The molecule has 0 aromatic heterocycles. The van der Waals surface area contributed by atoms with Crippen LogP contribution in [0.1, 0.15) is 33.1 Å². The summed E-state index contributed by atoms with van der Waals surface area (Å²) in [5.41, 5.74) is 0.888. The number of rotatable bonds is 4. The van der Waals surface area contributed by atoms with Crippen LogP contribution in [0.2, 0.25) is 0 Å². The first-order chi connectivity index (χ1) is 12.8. The zero-order valence-electron chi connectivity index (χ0n) is 15.6. The summed E-state index contributed by atoms with van der Waals surface area (Å²) >= 11 is 0. The molecule has 3 rings (SSSR count). The summed E-state index contributed by atoms with van der Waals surface area (Å²) in [5.74, 6) is -1.76. The van der Waals surface area contributed by atoms with Crippen LogP contribution in [0.3, 0.4) is 0 Å². The number of epoxide rings is 1. The third kappa shape index (κ3) is 3.85. The van der Waals surface area contributed by atoms with Crippen molar-refractivity contribution in [2.45, 2.75) is 57.0 Å². The molecule has 7 heteroatoms. The molecule has 5 atom stereocenters. The molecule has 0 bridgehead atoms. The van der Waals surface area contributed by atoms with Gasteiger partial charge in [-0.25, -0.2) is 9.59 Å². The molecule has 0 spiro atoms. The van der Waals surface area contributed by atoms with Crippen molar-refractivity contribution in [2.24, 2.45) is 5.92 Å². The fourth-order valence-electron chi connectivity index (χ4n) is 3.95. The van der Waals surface area contributed by atoms with E-state index in [-0.39, 0.29) is 29.5 Å². The van der Waals surface area contributed by atoms with Crippen molar-refractivity contribution in [3.8, 4) is 0 Å². The van der Waals surface area contributed by atoms with Crippen LogP contribution in [0.25, 0.3) is 0 Å². The SMILES string of the molecule is C=C1C(=O)O[C@H]2[C@H]1[C@@H](OC(=O)/C(=C/CO)CO)C/C(C)=C/CC[C@@]1(C)O[C@@H]21. The van der Waals surface area contributed by atoms with Crippen molar-refractivity contribution in [1.82, 2.24) is 0 Å². The number of ether oxygens (including phenoxy) is 3. The summed E-state index contributed by atoms with van der Waals surface area (Å²) in [6.07, 6.45) is 3.85. The minimum Gasteiger partial charge on any atom is -0.458 e. The maximum Gasteiger partial charge on any atom is 0.336 e. The lowest BCUT2D eigenvalue weighted by molar-refractivity contribution is -0.149. The van der Waals surface area contributed by atoms with Crippen molar-refractivity contribution in [3.63, 3.8) is 0 Å². The van der Waals surface area contributed by atoms with Gasteiger partial charge in [0.15, 0.2) is 0 Å². The predicted molar refractivity (Wildman–Crippen MR) is 95.5 cm³/mol. The largest absolute Gasteiger partial charge is 0.458 e. The number of allylic oxidation sites excluding steroid dienone is 1. The molecule has 27 heavy (non-hydrogen) atoms. The van der Waals surface area contributed by atoms with E-state index in [4.69, 9.17) is 19.3 Å². The van der Waals surface area contributed by atoms with Crippen LogP contribution < -0.4 is 0 Å². The van der Waals surface area contributed by atoms with Crippen molar-refractivity contribution in [2.75, 3.05) is 13.2 Å². The maximum absolute atomic E-state index is 12.5. The van der Waals surface area contributed by atoms with Crippen LogP contribution in [0.4, 0.5) is 0 Å². The van der Waals surface area contributed by atoms with Crippen LogP contribution >= 0.6 is 0 Å². The highest BCUT2D eigenvalue weighted by Crippen LogP contribution is 2.50. The van der Waals surface area contributed by atoms with E-state index < -0.39 is 36.7 Å². The van der Waals surface area contributed by atoms with Gasteiger partial charge in [0.05, 0.1) is 30.3 Å². The Morgan fingerprint density at radius 1 is 1.48 bits per heavy atom. The predicted octanol–water partition coefficient (Wildman–Crippen LogP) is 1.19. The third-order valence-corrected chi connectivity index (χ3v) is 5.59. The van der Waals surface area contributed by atoms with Crippen molar-refractivity contribution >= 4 is 11.9 Å². The summed E-state index contributed by atoms with van der Waals surface area (Å²) in [4.78, 5) is 24.6. The van der Waals surface area contributed by atoms with Crippen molar-refractivity contribution in [1.29, 1.82) is 0 Å².